The van der Waals surface area contributed by atoms with Gasteiger partial charge < -0.3 is 9.57 Å². The summed E-state index contributed by atoms with van der Waals surface area (Å²) in [6, 6.07) is 0. The Bertz CT molecular complexity index is 357. The van der Waals surface area contributed by atoms with E-state index in [0.29, 0.717) is 5.92 Å². The lowest BCUT2D eigenvalue weighted by molar-refractivity contribution is -0.136. The van der Waals surface area contributed by atoms with Crippen LogP contribution in [0.25, 0.3) is 0 Å². The maximum atomic E-state index is 11.6. The second-order valence-corrected chi connectivity index (χ2v) is 5.18. The molecule has 1 fully saturated rings. The Morgan fingerprint density at radius 2 is 2.00 bits per heavy atom. The summed E-state index contributed by atoms with van der Waals surface area (Å²) in [5.41, 5.74) is -0.267. The summed E-state index contributed by atoms with van der Waals surface area (Å²) in [6.45, 7) is 3.97. The van der Waals surface area contributed by atoms with Crippen molar-refractivity contribution < 1.29 is 19.2 Å². The third-order valence-corrected chi connectivity index (χ3v) is 3.68. The Kier molecular flexibility index (Phi) is 7.05. The fraction of sp³-hybridized carbons (Fsp3) is 0.769. The Labute approximate surface area is 121 Å². The zero-order chi connectivity index (χ0) is 14.3. The van der Waals surface area contributed by atoms with E-state index in [0.717, 1.165) is 19.3 Å². The molecule has 5 nitrogen and oxygen atoms in total. The van der Waals surface area contributed by atoms with Crippen LogP contribution in [0.2, 0.25) is 0 Å². The highest BCUT2D eigenvalue weighted by Crippen LogP contribution is 2.26. The molecule has 6 heteroatoms. The van der Waals surface area contributed by atoms with Crippen LogP contribution in [0.3, 0.4) is 0 Å². The molecule has 0 aromatic rings. The average molecular weight is 334 g/mol. The van der Waals surface area contributed by atoms with Gasteiger partial charge in [-0.3, -0.25) is 4.79 Å². The molecule has 108 valence electrons. The van der Waals surface area contributed by atoms with Crippen LogP contribution in [0.15, 0.2) is 5.16 Å². The van der Waals surface area contributed by atoms with Crippen LogP contribution >= 0.6 is 15.9 Å². The number of nitrogens with zero attached hydrogens (tertiary/aromatic N) is 1. The molecule has 0 aliphatic heterocycles. The van der Waals surface area contributed by atoms with Gasteiger partial charge in [0.25, 0.3) is 0 Å². The lowest BCUT2D eigenvalue weighted by Gasteiger charge is -2.26. The number of carbonyl (C=O) groups excluding carboxylic acids is 2. The quantitative estimate of drug-likeness (QED) is 0.246. The van der Waals surface area contributed by atoms with Crippen molar-refractivity contribution in [2.75, 3.05) is 11.9 Å². The molecule has 0 bridgehead atoms. The molecule has 0 N–H and O–H groups in total. The molecule has 19 heavy (non-hydrogen) atoms. The van der Waals surface area contributed by atoms with Gasteiger partial charge >= 0.3 is 5.97 Å². The maximum absolute atomic E-state index is 11.6. The number of oxime groups is 1. The second kappa shape index (κ2) is 8.30. The van der Waals surface area contributed by atoms with Gasteiger partial charge in [-0.1, -0.05) is 34.4 Å². The third kappa shape index (κ3) is 4.93. The molecule has 1 aliphatic carbocycles. The lowest BCUT2D eigenvalue weighted by Crippen LogP contribution is -2.30. The molecule has 2 atom stereocenters. The van der Waals surface area contributed by atoms with E-state index >= 15 is 0 Å². The summed E-state index contributed by atoms with van der Waals surface area (Å²) in [5.74, 6) is -0.766. The third-order valence-electron chi connectivity index (χ3n) is 3.17. The monoisotopic (exact) mass is 333 g/mol. The van der Waals surface area contributed by atoms with Gasteiger partial charge in [-0.15, -0.1) is 0 Å². The molecule has 0 amide bonds. The Morgan fingerprint density at radius 3 is 2.58 bits per heavy atom. The molecule has 1 aliphatic rings. The van der Waals surface area contributed by atoms with Gasteiger partial charge in [-0.25, -0.2) is 4.79 Å². The smallest absolute Gasteiger partial charge is 0.364 e. The molecule has 1 rings (SSSR count). The van der Waals surface area contributed by atoms with Gasteiger partial charge in [0.05, 0.1) is 11.9 Å². The topological polar surface area (TPSA) is 65.0 Å². The number of hydrogen-bond donors (Lipinski definition) is 0. The van der Waals surface area contributed by atoms with Crippen molar-refractivity contribution in [1.29, 1.82) is 0 Å². The number of ether oxygens (including phenoxy) is 1. The van der Waals surface area contributed by atoms with E-state index in [1.54, 1.807) is 6.92 Å². The summed E-state index contributed by atoms with van der Waals surface area (Å²) in [5, 5.41) is 3.77. The summed E-state index contributed by atoms with van der Waals surface area (Å²) >= 11 is 3.02. The van der Waals surface area contributed by atoms with E-state index in [-0.39, 0.29) is 23.8 Å². The predicted octanol–water partition coefficient (Wildman–Crippen LogP) is 2.46. The van der Waals surface area contributed by atoms with Crippen LogP contribution in [0.4, 0.5) is 0 Å². The van der Waals surface area contributed by atoms with Crippen LogP contribution in [-0.4, -0.2) is 35.5 Å². The molecular weight excluding hydrogens is 314 g/mol. The van der Waals surface area contributed by atoms with Crippen molar-refractivity contribution in [1.82, 2.24) is 0 Å². The van der Waals surface area contributed by atoms with Gasteiger partial charge in [0.1, 0.15) is 6.10 Å². The van der Waals surface area contributed by atoms with Crippen molar-refractivity contribution in [3.8, 4) is 0 Å². The molecule has 0 saturated heterocycles. The predicted molar refractivity (Wildman–Crippen MR) is 75.4 cm³/mol. The van der Waals surface area contributed by atoms with E-state index in [4.69, 9.17) is 9.57 Å². The Hall–Kier alpha value is -0.910. The molecule has 0 aromatic carbocycles. The van der Waals surface area contributed by atoms with E-state index < -0.39 is 11.8 Å². The first kappa shape index (κ1) is 16.1. The molecular formula is C13H20BrNO4. The zero-order valence-electron chi connectivity index (χ0n) is 11.4. The van der Waals surface area contributed by atoms with Crippen molar-refractivity contribution >= 4 is 33.4 Å². The fourth-order valence-electron chi connectivity index (χ4n) is 2.02. The molecule has 0 unspecified atom stereocenters. The number of carbonyl (C=O) groups is 2. The highest BCUT2D eigenvalue weighted by Gasteiger charge is 2.26. The number of hydrogen-bond acceptors (Lipinski definition) is 5. The van der Waals surface area contributed by atoms with Gasteiger partial charge in [-0.05, 0) is 32.1 Å². The van der Waals surface area contributed by atoms with Crippen LogP contribution < -0.4 is 0 Å². The number of alkyl halides is 1. The fourth-order valence-corrected chi connectivity index (χ4v) is 2.29. The first-order valence-corrected chi connectivity index (χ1v) is 7.72. The molecule has 0 heterocycles. The highest BCUT2D eigenvalue weighted by molar-refractivity contribution is 9.09. The van der Waals surface area contributed by atoms with E-state index in [9.17, 15) is 9.59 Å². The van der Waals surface area contributed by atoms with Crippen LogP contribution in [0, 0.1) is 5.92 Å². The first-order chi connectivity index (χ1) is 9.10. The molecule has 0 radical (unpaired) electrons. The number of halogens is 1. The van der Waals surface area contributed by atoms with Gasteiger partial charge in [0.15, 0.2) is 0 Å². The minimum Gasteiger partial charge on any atom is -0.461 e. The molecule has 1 saturated carbocycles. The number of Topliss-reactive ketones (excluding diaryl/α,β-unsaturated/α-hetero) is 1. The van der Waals surface area contributed by atoms with Crippen molar-refractivity contribution in [2.24, 2.45) is 11.1 Å². The minimum absolute atomic E-state index is 0.0221. The Balaban J connectivity index is 2.70. The molecule has 0 spiro atoms. The van der Waals surface area contributed by atoms with Gasteiger partial charge in [0, 0.05) is 0 Å². The zero-order valence-corrected chi connectivity index (χ0v) is 12.9. The summed E-state index contributed by atoms with van der Waals surface area (Å²) < 4.78 is 4.80. The molecule has 0 aromatic heterocycles. The van der Waals surface area contributed by atoms with Crippen LogP contribution in [0.1, 0.15) is 39.5 Å². The standard InChI is InChI=1S/C13H20BrNO4/c1-3-18-13(17)12(10(16)8-14)15-19-11-7-5-4-6-9(11)2/h9,11H,3-8H2,1-2H3/b15-12+/t9-,11+/m0/s1. The van der Waals surface area contributed by atoms with Gasteiger partial charge in [0.2, 0.25) is 11.5 Å². The van der Waals surface area contributed by atoms with Crippen molar-refractivity contribution in [3.63, 3.8) is 0 Å². The normalized spacial score (nSPS) is 23.8. The Morgan fingerprint density at radius 1 is 1.32 bits per heavy atom. The van der Waals surface area contributed by atoms with Crippen LogP contribution in [-0.2, 0) is 19.2 Å². The minimum atomic E-state index is -0.726. The number of rotatable bonds is 6. The maximum Gasteiger partial charge on any atom is 0.364 e. The SMILES string of the molecule is CCOC(=O)/C(=N/O[C@@H]1CCCC[C@@H]1C)C(=O)CBr. The van der Waals surface area contributed by atoms with Crippen molar-refractivity contribution in [2.45, 2.75) is 45.6 Å². The van der Waals surface area contributed by atoms with Gasteiger partial charge in [-0.2, -0.15) is 0 Å². The van der Waals surface area contributed by atoms with Crippen LogP contribution in [0.5, 0.6) is 0 Å². The summed E-state index contributed by atoms with van der Waals surface area (Å²) in [7, 11) is 0. The summed E-state index contributed by atoms with van der Waals surface area (Å²) in [4.78, 5) is 28.6. The summed E-state index contributed by atoms with van der Waals surface area (Å²) in [6.07, 6.45) is 4.24. The largest absolute Gasteiger partial charge is 0.461 e. The lowest BCUT2D eigenvalue weighted by atomic mass is 9.88. The van der Waals surface area contributed by atoms with E-state index in [1.807, 2.05) is 0 Å². The highest BCUT2D eigenvalue weighted by atomic mass is 79.9. The number of ketones is 1. The average Bonchev–Trinajstić information content (AvgIpc) is 2.41. The van der Waals surface area contributed by atoms with Crippen molar-refractivity contribution in [3.05, 3.63) is 0 Å². The first-order valence-electron chi connectivity index (χ1n) is 6.60. The van der Waals surface area contributed by atoms with E-state index in [2.05, 4.69) is 28.0 Å². The second-order valence-electron chi connectivity index (χ2n) is 4.62. The van der Waals surface area contributed by atoms with E-state index in [1.165, 1.54) is 6.42 Å². The number of esters is 1.